The Morgan fingerprint density at radius 1 is 1.53 bits per heavy atom. The number of ether oxygens (including phenoxy) is 1. The third-order valence-electron chi connectivity index (χ3n) is 2.17. The normalized spacial score (nSPS) is 11.7. The molecular weight excluding hydrogens is 236 g/mol. The Morgan fingerprint density at radius 2 is 2.35 bits per heavy atom. The van der Waals surface area contributed by atoms with Crippen LogP contribution in [-0.4, -0.2) is 17.6 Å². The van der Waals surface area contributed by atoms with E-state index >= 15 is 0 Å². The van der Waals surface area contributed by atoms with Crippen LogP contribution in [-0.2, 0) is 9.53 Å². The van der Waals surface area contributed by atoms with Crippen LogP contribution in [0.5, 0.6) is 0 Å². The number of nitrogens with zero attached hydrogens (tertiary/aromatic N) is 1. The van der Waals surface area contributed by atoms with Crippen LogP contribution in [0.15, 0.2) is 29.7 Å². The van der Waals surface area contributed by atoms with Gasteiger partial charge in [0.1, 0.15) is 4.83 Å². The Labute approximate surface area is 103 Å². The second kappa shape index (κ2) is 4.97. The number of carbonyl (C=O) groups excluding carboxylic acids is 1. The van der Waals surface area contributed by atoms with Gasteiger partial charge in [0.05, 0.1) is 18.0 Å². The minimum atomic E-state index is -0.446. The van der Waals surface area contributed by atoms with Crippen molar-refractivity contribution < 1.29 is 9.53 Å². The van der Waals surface area contributed by atoms with Crippen molar-refractivity contribution in [1.29, 1.82) is 0 Å². The Hall–Kier alpha value is -1.88. The van der Waals surface area contributed by atoms with Gasteiger partial charge >= 0.3 is 5.97 Å². The van der Waals surface area contributed by atoms with Gasteiger partial charge in [-0.05, 0) is 30.5 Å². The summed E-state index contributed by atoms with van der Waals surface area (Å²) in [5.74, 6) is -0.446. The van der Waals surface area contributed by atoms with E-state index < -0.39 is 5.97 Å². The first-order valence-electron chi connectivity index (χ1n) is 5.19. The maximum absolute atomic E-state index is 11.2. The van der Waals surface area contributed by atoms with Crippen molar-refractivity contribution in [3.8, 4) is 0 Å². The number of hydrogen-bond acceptors (Lipinski definition) is 5. The van der Waals surface area contributed by atoms with Gasteiger partial charge in [-0.15, -0.1) is 11.3 Å². The van der Waals surface area contributed by atoms with Gasteiger partial charge in [0.25, 0.3) is 0 Å². The summed E-state index contributed by atoms with van der Waals surface area (Å²) in [4.78, 5) is 16.5. The number of fused-ring (bicyclic) bond motifs is 1. The molecule has 0 atom stereocenters. The topological polar surface area (TPSA) is 65.2 Å². The molecule has 4 nitrogen and oxygen atoms in total. The number of carbonyl (C=O) groups is 1. The molecular formula is C12H12N2O2S. The Kier molecular flexibility index (Phi) is 3.39. The lowest BCUT2D eigenvalue weighted by molar-refractivity contribution is -0.137. The summed E-state index contributed by atoms with van der Waals surface area (Å²) in [7, 11) is 0. The van der Waals surface area contributed by atoms with Crippen LogP contribution in [0.3, 0.4) is 0 Å². The van der Waals surface area contributed by atoms with Gasteiger partial charge < -0.3 is 10.5 Å². The smallest absolute Gasteiger partial charge is 0.332 e. The van der Waals surface area contributed by atoms with Crippen LogP contribution in [0, 0.1) is 0 Å². The van der Waals surface area contributed by atoms with Crippen molar-refractivity contribution in [2.75, 3.05) is 6.61 Å². The average molecular weight is 248 g/mol. The molecule has 0 saturated carbocycles. The molecule has 2 N–H and O–H groups in total. The van der Waals surface area contributed by atoms with E-state index in [9.17, 15) is 4.79 Å². The number of nitrogens with two attached hydrogens (primary N) is 1. The van der Waals surface area contributed by atoms with Gasteiger partial charge in [-0.2, -0.15) is 0 Å². The Balaban J connectivity index is 2.29. The van der Waals surface area contributed by atoms with Gasteiger partial charge in [-0.25, -0.2) is 9.78 Å². The highest BCUT2D eigenvalue weighted by atomic mass is 32.1. The highest BCUT2D eigenvalue weighted by Gasteiger charge is 2.04. The summed E-state index contributed by atoms with van der Waals surface area (Å²) in [5, 5.41) is 3.04. The standard InChI is InChI=1S/C12H12N2O2S/c1-2-16-11(15)7-9(13)10-4-3-8-5-6-17-12(8)14-10/h3-7H,2,13H2,1H3/b9-7-. The van der Waals surface area contributed by atoms with E-state index in [4.69, 9.17) is 10.5 Å². The van der Waals surface area contributed by atoms with Gasteiger partial charge in [-0.1, -0.05) is 0 Å². The van der Waals surface area contributed by atoms with Crippen molar-refractivity contribution in [2.24, 2.45) is 5.73 Å². The van der Waals surface area contributed by atoms with Crippen molar-refractivity contribution in [3.05, 3.63) is 35.3 Å². The maximum atomic E-state index is 11.2. The van der Waals surface area contributed by atoms with E-state index in [-0.39, 0.29) is 0 Å². The predicted molar refractivity (Wildman–Crippen MR) is 68.4 cm³/mol. The number of esters is 1. The summed E-state index contributed by atoms with van der Waals surface area (Å²) in [6.07, 6.45) is 1.26. The lowest BCUT2D eigenvalue weighted by atomic mass is 10.2. The van der Waals surface area contributed by atoms with Crippen LogP contribution in [0.25, 0.3) is 15.9 Å². The zero-order valence-electron chi connectivity index (χ0n) is 9.34. The molecule has 0 spiro atoms. The monoisotopic (exact) mass is 248 g/mol. The quantitative estimate of drug-likeness (QED) is 0.667. The predicted octanol–water partition coefficient (Wildman–Crippen LogP) is 2.16. The number of thiophene rings is 1. The largest absolute Gasteiger partial charge is 0.463 e. The minimum absolute atomic E-state index is 0.318. The molecule has 0 radical (unpaired) electrons. The zero-order chi connectivity index (χ0) is 12.3. The summed E-state index contributed by atoms with van der Waals surface area (Å²) in [6, 6.07) is 5.71. The van der Waals surface area contributed by atoms with E-state index in [0.29, 0.717) is 18.0 Å². The first-order chi connectivity index (χ1) is 8.20. The zero-order valence-corrected chi connectivity index (χ0v) is 10.2. The van der Waals surface area contributed by atoms with Gasteiger partial charge in [0.2, 0.25) is 0 Å². The molecule has 0 aliphatic carbocycles. The van der Waals surface area contributed by atoms with Crippen LogP contribution in [0.1, 0.15) is 12.6 Å². The van der Waals surface area contributed by atoms with Crippen LogP contribution >= 0.6 is 11.3 Å². The molecule has 2 aromatic rings. The van der Waals surface area contributed by atoms with Crippen molar-refractivity contribution >= 4 is 33.2 Å². The first-order valence-corrected chi connectivity index (χ1v) is 6.07. The second-order valence-electron chi connectivity index (χ2n) is 3.36. The van der Waals surface area contributed by atoms with Crippen molar-refractivity contribution in [1.82, 2.24) is 4.98 Å². The first kappa shape index (κ1) is 11.6. The molecule has 2 rings (SSSR count). The summed E-state index contributed by atoms with van der Waals surface area (Å²) in [6.45, 7) is 2.08. The lowest BCUT2D eigenvalue weighted by Gasteiger charge is -2.01. The number of aromatic nitrogens is 1. The molecule has 0 fully saturated rings. The lowest BCUT2D eigenvalue weighted by Crippen LogP contribution is -2.06. The third-order valence-corrected chi connectivity index (χ3v) is 3.00. The Bertz CT molecular complexity index is 575. The second-order valence-corrected chi connectivity index (χ2v) is 4.26. The SMILES string of the molecule is CCOC(=O)/C=C(\N)c1ccc2ccsc2n1. The van der Waals surface area contributed by atoms with Gasteiger partial charge in [-0.3, -0.25) is 0 Å². The molecule has 0 bridgehead atoms. The fourth-order valence-electron chi connectivity index (χ4n) is 1.39. The minimum Gasteiger partial charge on any atom is -0.463 e. The van der Waals surface area contributed by atoms with Gasteiger partial charge in [0, 0.05) is 11.5 Å². The molecule has 17 heavy (non-hydrogen) atoms. The summed E-state index contributed by atoms with van der Waals surface area (Å²) < 4.78 is 4.79. The van der Waals surface area contributed by atoms with E-state index in [1.165, 1.54) is 17.4 Å². The molecule has 2 heterocycles. The molecule has 0 aliphatic heterocycles. The molecule has 2 aromatic heterocycles. The fraction of sp³-hybridized carbons (Fsp3) is 0.167. The molecule has 0 aliphatic rings. The third kappa shape index (κ3) is 2.62. The maximum Gasteiger partial charge on any atom is 0.332 e. The summed E-state index contributed by atoms with van der Waals surface area (Å²) in [5.41, 5.74) is 6.70. The van der Waals surface area contributed by atoms with Crippen LogP contribution < -0.4 is 5.73 Å². The molecule has 88 valence electrons. The van der Waals surface area contributed by atoms with E-state index in [2.05, 4.69) is 4.98 Å². The van der Waals surface area contributed by atoms with E-state index in [1.807, 2.05) is 17.5 Å². The van der Waals surface area contributed by atoms with Crippen LogP contribution in [0.4, 0.5) is 0 Å². The van der Waals surface area contributed by atoms with Crippen LogP contribution in [0.2, 0.25) is 0 Å². The van der Waals surface area contributed by atoms with E-state index in [1.54, 1.807) is 13.0 Å². The molecule has 0 aromatic carbocycles. The van der Waals surface area contributed by atoms with Crippen molar-refractivity contribution in [2.45, 2.75) is 6.92 Å². The average Bonchev–Trinajstić information content (AvgIpc) is 2.75. The molecule has 0 unspecified atom stereocenters. The highest BCUT2D eigenvalue weighted by Crippen LogP contribution is 2.20. The fourth-order valence-corrected chi connectivity index (χ4v) is 2.16. The number of pyridine rings is 1. The Morgan fingerprint density at radius 3 is 3.12 bits per heavy atom. The van der Waals surface area contributed by atoms with Crippen molar-refractivity contribution in [3.63, 3.8) is 0 Å². The molecule has 0 saturated heterocycles. The molecule has 0 amide bonds. The highest BCUT2D eigenvalue weighted by molar-refractivity contribution is 7.16. The summed E-state index contributed by atoms with van der Waals surface area (Å²) >= 11 is 1.54. The molecule has 5 heteroatoms. The number of hydrogen-bond donors (Lipinski definition) is 1. The van der Waals surface area contributed by atoms with E-state index in [0.717, 1.165) is 10.2 Å². The number of rotatable bonds is 3. The van der Waals surface area contributed by atoms with Gasteiger partial charge in [0.15, 0.2) is 0 Å².